The molecule has 0 spiro atoms. The summed E-state index contributed by atoms with van der Waals surface area (Å²) in [5, 5.41) is 12.6. The summed E-state index contributed by atoms with van der Waals surface area (Å²) in [6.07, 6.45) is 0.382. The van der Waals surface area contributed by atoms with Gasteiger partial charge >= 0.3 is 28.4 Å². The zero-order valence-corrected chi connectivity index (χ0v) is 53.6. The van der Waals surface area contributed by atoms with Gasteiger partial charge in [0.05, 0.1) is 32.7 Å². The Labute approximate surface area is 559 Å². The highest BCUT2D eigenvalue weighted by molar-refractivity contribution is 5.89. The third-order valence-electron chi connectivity index (χ3n) is 14.0. The van der Waals surface area contributed by atoms with Crippen LogP contribution in [0.25, 0.3) is 0 Å². The Balaban J connectivity index is 1.30. The molecule has 0 aliphatic heterocycles. The van der Waals surface area contributed by atoms with Gasteiger partial charge in [-0.05, 0) is 6.42 Å². The van der Waals surface area contributed by atoms with Crippen LogP contribution in [0.5, 0.6) is 0 Å². The molecule has 46 nitrogen and oxygen atoms in total. The Kier molecular flexibility index (Phi) is 28.0. The number of hydrogen-bond donors (Lipinski definition) is 16. The molecule has 0 aliphatic rings. The molecule has 0 radical (unpaired) electrons. The van der Waals surface area contributed by atoms with E-state index < -0.39 is 186 Å². The van der Waals surface area contributed by atoms with Crippen LogP contribution in [0.15, 0.2) is 54.3 Å². The lowest BCUT2D eigenvalue weighted by Gasteiger charge is -2.26. The number of amides is 10. The maximum absolute atomic E-state index is 14.0. The fraction of sp³-hybridized carbons (Fsp3) is 0.434. The molecule has 10 amide bonds. The van der Waals surface area contributed by atoms with Crippen molar-refractivity contribution in [2.75, 3.05) is 162 Å². The van der Waals surface area contributed by atoms with Gasteiger partial charge in [-0.3, -0.25) is 70.8 Å². The van der Waals surface area contributed by atoms with Crippen LogP contribution in [0, 0.1) is 0 Å². The normalized spacial score (nSPS) is 10.8. The Bertz CT molecular complexity index is 4150. The number of nitrogen functional groups attached to an aromatic ring is 10. The predicted octanol–water partition coefficient (Wildman–Crippen LogP) is -12.8. The summed E-state index contributed by atoms with van der Waals surface area (Å²) in [5.74, 6) is -10.9. The monoisotopic (exact) mass is 1390 g/mol. The van der Waals surface area contributed by atoms with E-state index in [4.69, 9.17) is 63.1 Å². The molecule has 0 aromatic carbocycles. The van der Waals surface area contributed by atoms with Crippen molar-refractivity contribution in [3.63, 3.8) is 0 Å². The van der Waals surface area contributed by atoms with Gasteiger partial charge in [-0.1, -0.05) is 6.92 Å². The maximum atomic E-state index is 14.0. The molecule has 0 atom stereocenters. The molecule has 99 heavy (non-hydrogen) atoms. The van der Waals surface area contributed by atoms with Crippen molar-refractivity contribution in [3.8, 4) is 0 Å². The third kappa shape index (κ3) is 23.5. The van der Waals surface area contributed by atoms with Crippen LogP contribution in [0.1, 0.15) is 13.3 Å². The first kappa shape index (κ1) is 76.8. The molecule has 5 heterocycles. The smallest absolute Gasteiger partial charge is 0.351 e. The van der Waals surface area contributed by atoms with E-state index in [-0.39, 0.29) is 97.4 Å². The molecule has 27 N–H and O–H groups in total. The SMILES string of the molecule is CCCN(CC(=O)NCCN(CC(=O)NCCN(CC(=O)NCCN(CC(=O)NCCN(CC(=O)NCCN)C(=O)Cn1c(N)cc(N)nc1=O)C(=O)Cn1c(N)cc(N)nc1=O)C(=O)Cn1c(N)cc(N)nc1=O)C(=O)Cn1c(N)cc(N)nc1=O)C(=O)Cn1c(N)cc(N)nc1=O. The molecule has 0 unspecified atom stereocenters. The zero-order chi connectivity index (χ0) is 73.4. The molecule has 46 heteroatoms. The van der Waals surface area contributed by atoms with E-state index in [1.54, 1.807) is 6.92 Å². The van der Waals surface area contributed by atoms with Crippen LogP contribution >= 0.6 is 0 Å². The van der Waals surface area contributed by atoms with E-state index in [9.17, 15) is 71.9 Å². The van der Waals surface area contributed by atoms with Gasteiger partial charge in [0, 0.05) is 102 Å². The van der Waals surface area contributed by atoms with E-state index in [0.717, 1.165) is 71.6 Å². The first-order valence-corrected chi connectivity index (χ1v) is 29.8. The molecular formula is C53H79N31O15. The average molecular weight is 1390 g/mol. The minimum absolute atomic E-state index is 0.0400. The van der Waals surface area contributed by atoms with Crippen LogP contribution in [-0.2, 0) is 80.7 Å². The highest BCUT2D eigenvalue weighted by atomic mass is 16.2. The van der Waals surface area contributed by atoms with Crippen molar-refractivity contribution in [3.05, 3.63) is 82.8 Å². The largest absolute Gasteiger partial charge is 0.385 e. The Morgan fingerprint density at radius 1 is 0.323 bits per heavy atom. The fourth-order valence-electron chi connectivity index (χ4n) is 9.09. The van der Waals surface area contributed by atoms with Gasteiger partial charge in [-0.25, -0.2) is 24.0 Å². The molecule has 0 bridgehead atoms. The van der Waals surface area contributed by atoms with Crippen molar-refractivity contribution >= 4 is 117 Å². The third-order valence-corrected chi connectivity index (χ3v) is 14.0. The molecule has 5 aromatic rings. The lowest BCUT2D eigenvalue weighted by atomic mass is 10.3. The Morgan fingerprint density at radius 3 is 0.677 bits per heavy atom. The minimum atomic E-state index is -1.05. The van der Waals surface area contributed by atoms with Crippen molar-refractivity contribution in [1.82, 2.24) is 98.8 Å². The molecule has 0 fully saturated rings. The van der Waals surface area contributed by atoms with Gasteiger partial charge in [-0.15, -0.1) is 0 Å². The molecular weight excluding hydrogens is 1310 g/mol. The first-order valence-electron chi connectivity index (χ1n) is 29.8. The molecule has 5 rings (SSSR count). The van der Waals surface area contributed by atoms with Crippen LogP contribution < -0.4 is 118 Å². The number of rotatable bonds is 36. The second-order valence-electron chi connectivity index (χ2n) is 21.5. The quantitative estimate of drug-likeness (QED) is 0.0177. The van der Waals surface area contributed by atoms with Gasteiger partial charge in [0.2, 0.25) is 59.1 Å². The van der Waals surface area contributed by atoms with Crippen molar-refractivity contribution < 1.29 is 47.9 Å². The van der Waals surface area contributed by atoms with E-state index in [2.05, 4.69) is 51.5 Å². The summed E-state index contributed by atoms with van der Waals surface area (Å²) in [7, 11) is 0. The van der Waals surface area contributed by atoms with Crippen LogP contribution in [0.2, 0.25) is 0 Å². The van der Waals surface area contributed by atoms with Gasteiger partial charge in [0.1, 0.15) is 90.9 Å². The van der Waals surface area contributed by atoms with Gasteiger partial charge in [-0.2, -0.15) is 24.9 Å². The number of aromatic nitrogens is 10. The topological polar surface area (TPSA) is 708 Å². The Morgan fingerprint density at radius 2 is 0.505 bits per heavy atom. The lowest BCUT2D eigenvalue weighted by molar-refractivity contribution is -0.138. The number of hydrogen-bond acceptors (Lipinski definition) is 31. The standard InChI is InChI=1S/C53H79N31O15/c1-2-9-75(44(90)24-80-34(60)14-29(55)70-49(80)95)19-40(86)66-5-11-77(46(92)26-82-36(62)16-31(57)72-51(82)97)21-42(88)68-7-13-79(48(94)28-84-38(64)18-33(59)74-53(84)99)23-43(89)69-8-12-78(47(93)27-83-37(63)17-32(58)73-52(83)98)22-41(87)67-6-10-76(20-39(85)65-4-3-54)45(91)25-81-35(61)15-30(56)71-50(81)96/h14-18H,2-13,19-28,54,60-64H2,1H3,(H,65,85)(H,66,86)(H,67,87)(H,68,88)(H,69,89)(H2,55,70,95)(H2,56,71,96)(H2,57,72,97)(H2,58,73,98)(H2,59,74,99). The summed E-state index contributed by atoms with van der Waals surface area (Å²) in [5.41, 5.74) is 58.4. The number of carbonyl (C=O) groups excluding carboxylic acids is 10. The van der Waals surface area contributed by atoms with Crippen LogP contribution in [0.4, 0.5) is 58.2 Å². The fourth-order valence-corrected chi connectivity index (χ4v) is 9.09. The molecule has 5 aromatic heterocycles. The van der Waals surface area contributed by atoms with E-state index >= 15 is 0 Å². The van der Waals surface area contributed by atoms with Crippen molar-refractivity contribution in [2.45, 2.75) is 46.1 Å². The van der Waals surface area contributed by atoms with E-state index in [0.29, 0.717) is 6.42 Å². The summed E-state index contributed by atoms with van der Waals surface area (Å²) in [4.78, 5) is 222. The number of nitrogens with one attached hydrogen (secondary N) is 5. The second-order valence-corrected chi connectivity index (χ2v) is 21.5. The number of nitrogens with two attached hydrogens (primary N) is 11. The summed E-state index contributed by atoms with van der Waals surface area (Å²) in [6, 6.07) is 5.58. The highest BCUT2D eigenvalue weighted by Gasteiger charge is 2.27. The molecule has 0 saturated heterocycles. The number of anilines is 10. The zero-order valence-electron chi connectivity index (χ0n) is 53.6. The Hall–Kier alpha value is -12.9. The number of nitrogens with zero attached hydrogens (tertiary/aromatic N) is 15. The second kappa shape index (κ2) is 36.1. The first-order chi connectivity index (χ1) is 46.8. The summed E-state index contributed by atoms with van der Waals surface area (Å²) in [6.45, 7) is -8.79. The van der Waals surface area contributed by atoms with E-state index in [1.807, 2.05) is 0 Å². The summed E-state index contributed by atoms with van der Waals surface area (Å²) >= 11 is 0. The molecule has 0 aliphatic carbocycles. The van der Waals surface area contributed by atoms with Crippen LogP contribution in [0.3, 0.4) is 0 Å². The highest BCUT2D eigenvalue weighted by Crippen LogP contribution is 2.10. The van der Waals surface area contributed by atoms with Gasteiger partial charge in [0.15, 0.2) is 0 Å². The average Bonchev–Trinajstić information content (AvgIpc) is 0.869. The van der Waals surface area contributed by atoms with Gasteiger partial charge in [0.25, 0.3) is 0 Å². The predicted molar refractivity (Wildman–Crippen MR) is 354 cm³/mol. The lowest BCUT2D eigenvalue weighted by Crippen LogP contribution is -2.50. The minimum Gasteiger partial charge on any atom is -0.385 e. The van der Waals surface area contributed by atoms with Crippen LogP contribution in [-0.4, -0.2) is 236 Å². The summed E-state index contributed by atoms with van der Waals surface area (Å²) < 4.78 is 3.88. The van der Waals surface area contributed by atoms with E-state index in [1.165, 1.54) is 6.07 Å². The van der Waals surface area contributed by atoms with Gasteiger partial charge < -0.3 is 114 Å². The molecule has 0 saturated carbocycles. The maximum Gasteiger partial charge on any atom is 0.351 e. The van der Waals surface area contributed by atoms with Crippen molar-refractivity contribution in [1.29, 1.82) is 0 Å². The van der Waals surface area contributed by atoms with Crippen molar-refractivity contribution in [2.24, 2.45) is 5.73 Å². The molecule has 536 valence electrons. The number of carbonyl (C=O) groups is 10.